The molecule has 38 heavy (non-hydrogen) atoms. The van der Waals surface area contributed by atoms with Crippen LogP contribution in [0.5, 0.6) is 5.75 Å². The van der Waals surface area contributed by atoms with Crippen molar-refractivity contribution in [3.63, 3.8) is 0 Å². The summed E-state index contributed by atoms with van der Waals surface area (Å²) in [5.41, 5.74) is 2.67. The standard InChI is InChI=1S/C26H25FN7O3P/c1-4-15-10-17(15)16-6-7-21(37-26(27)38)18(11-16)23-20(13-33(31-23)14-22(35)32(2)3)30-25(36)19-12-29-34-9-5-8-28-24(19)34/h1,5-9,11-13,15,17,26H,10,14,38H2,2-3H3,(H,30,36)/t15?,17-,26?/m1/s1. The van der Waals surface area contributed by atoms with Crippen LogP contribution in [0.2, 0.25) is 0 Å². The highest BCUT2D eigenvalue weighted by molar-refractivity contribution is 7.16. The van der Waals surface area contributed by atoms with E-state index < -0.39 is 12.0 Å². The fraction of sp³-hybridized carbons (Fsp3) is 0.269. The minimum atomic E-state index is -1.67. The first kappa shape index (κ1) is 25.4. The van der Waals surface area contributed by atoms with Crippen molar-refractivity contribution in [1.82, 2.24) is 29.3 Å². The number of ether oxygens (including phenoxy) is 1. The number of nitrogens with one attached hydrogen (secondary N) is 1. The van der Waals surface area contributed by atoms with E-state index in [9.17, 15) is 14.0 Å². The first-order chi connectivity index (χ1) is 18.2. The lowest BCUT2D eigenvalue weighted by Gasteiger charge is -2.14. The number of rotatable bonds is 8. The number of terminal acetylenes is 1. The molecule has 1 aromatic carbocycles. The number of alkyl halides is 1. The molecule has 4 atom stereocenters. The van der Waals surface area contributed by atoms with Gasteiger partial charge >= 0.3 is 0 Å². The number of carbonyl (C=O) groups excluding carboxylic acids is 2. The van der Waals surface area contributed by atoms with E-state index in [0.717, 1.165) is 12.0 Å². The Morgan fingerprint density at radius 1 is 1.39 bits per heavy atom. The first-order valence-corrected chi connectivity index (χ1v) is 12.5. The summed E-state index contributed by atoms with van der Waals surface area (Å²) in [6, 6.07) is 7.06. The molecule has 4 aromatic rings. The van der Waals surface area contributed by atoms with Crippen LogP contribution >= 0.6 is 9.24 Å². The summed E-state index contributed by atoms with van der Waals surface area (Å²) in [5, 5.41) is 11.6. The van der Waals surface area contributed by atoms with E-state index in [1.54, 1.807) is 44.8 Å². The van der Waals surface area contributed by atoms with Crippen LogP contribution in [0.4, 0.5) is 10.1 Å². The lowest BCUT2D eigenvalue weighted by Crippen LogP contribution is -2.26. The molecule has 1 saturated carbocycles. The Kier molecular flexibility index (Phi) is 6.83. The molecule has 3 aromatic heterocycles. The van der Waals surface area contributed by atoms with Gasteiger partial charge in [-0.25, -0.2) is 9.50 Å². The second-order valence-electron chi connectivity index (χ2n) is 9.12. The van der Waals surface area contributed by atoms with Gasteiger partial charge in [0.2, 0.25) is 12.0 Å². The van der Waals surface area contributed by atoms with Crippen molar-refractivity contribution in [2.24, 2.45) is 5.92 Å². The van der Waals surface area contributed by atoms with Crippen molar-refractivity contribution in [2.45, 2.75) is 25.0 Å². The van der Waals surface area contributed by atoms with Crippen LogP contribution in [0.3, 0.4) is 0 Å². The van der Waals surface area contributed by atoms with Gasteiger partial charge < -0.3 is 15.0 Å². The van der Waals surface area contributed by atoms with Crippen LogP contribution < -0.4 is 10.1 Å². The molecule has 1 N–H and O–H groups in total. The molecule has 1 aliphatic rings. The minimum Gasteiger partial charge on any atom is -0.457 e. The van der Waals surface area contributed by atoms with E-state index in [0.29, 0.717) is 22.6 Å². The Morgan fingerprint density at radius 2 is 2.21 bits per heavy atom. The molecule has 1 aliphatic carbocycles. The average molecular weight is 534 g/mol. The van der Waals surface area contributed by atoms with Crippen LogP contribution in [-0.4, -0.2) is 61.3 Å². The maximum absolute atomic E-state index is 13.9. The summed E-state index contributed by atoms with van der Waals surface area (Å²) in [6.07, 6.45) is 11.0. The summed E-state index contributed by atoms with van der Waals surface area (Å²) in [5.74, 6) is 2.63. The Bertz CT molecular complexity index is 1570. The van der Waals surface area contributed by atoms with E-state index >= 15 is 0 Å². The SMILES string of the molecule is C#CC1C[C@H]1c1ccc(OC(F)P)c(-c2nn(CC(=O)N(C)C)cc2NC(=O)c2cnn3cccnc23)c1. The third-order valence-electron chi connectivity index (χ3n) is 6.26. The largest absolute Gasteiger partial charge is 0.457 e. The van der Waals surface area contributed by atoms with E-state index in [1.165, 1.54) is 20.3 Å². The fourth-order valence-electron chi connectivity index (χ4n) is 4.18. The first-order valence-electron chi connectivity index (χ1n) is 11.8. The molecule has 0 saturated heterocycles. The number of fused-ring (bicyclic) bond motifs is 1. The topological polar surface area (TPSA) is 107 Å². The van der Waals surface area contributed by atoms with Gasteiger partial charge in [0, 0.05) is 44.2 Å². The number of hydrogen-bond acceptors (Lipinski definition) is 6. The van der Waals surface area contributed by atoms with Gasteiger partial charge in [-0.1, -0.05) is 15.3 Å². The third kappa shape index (κ3) is 5.08. The number of carbonyl (C=O) groups is 2. The molecule has 2 amide bonds. The quantitative estimate of drug-likeness (QED) is 0.276. The molecule has 0 spiro atoms. The molecule has 0 aliphatic heterocycles. The van der Waals surface area contributed by atoms with Crippen LogP contribution in [0, 0.1) is 18.3 Å². The number of amides is 2. The van der Waals surface area contributed by atoms with Crippen molar-refractivity contribution in [1.29, 1.82) is 0 Å². The number of benzene rings is 1. The van der Waals surface area contributed by atoms with Gasteiger partial charge in [0.05, 0.1) is 11.9 Å². The number of nitrogens with zero attached hydrogens (tertiary/aromatic N) is 6. The lowest BCUT2D eigenvalue weighted by atomic mass is 10.0. The molecule has 10 nitrogen and oxygen atoms in total. The normalized spacial score (nSPS) is 17.0. The average Bonchev–Trinajstić information content (AvgIpc) is 3.39. The molecule has 12 heteroatoms. The number of halogens is 1. The zero-order valence-electron chi connectivity index (χ0n) is 20.7. The summed E-state index contributed by atoms with van der Waals surface area (Å²) in [7, 11) is 5.23. The van der Waals surface area contributed by atoms with Crippen LogP contribution in [0.15, 0.2) is 49.1 Å². The van der Waals surface area contributed by atoms with Crippen molar-refractivity contribution in [2.75, 3.05) is 19.4 Å². The second-order valence-corrected chi connectivity index (χ2v) is 9.64. The molecule has 1 fully saturated rings. The number of anilines is 1. The predicted octanol–water partition coefficient (Wildman–Crippen LogP) is 3.18. The summed E-state index contributed by atoms with van der Waals surface area (Å²) >= 11 is 0. The van der Waals surface area contributed by atoms with Gasteiger partial charge in [0.15, 0.2) is 5.65 Å². The highest BCUT2D eigenvalue weighted by atomic mass is 31.0. The van der Waals surface area contributed by atoms with Crippen LogP contribution in [0.25, 0.3) is 16.9 Å². The smallest absolute Gasteiger partial charge is 0.261 e. The van der Waals surface area contributed by atoms with Crippen molar-refractivity contribution in [3.05, 3.63) is 60.2 Å². The molecule has 194 valence electrons. The minimum absolute atomic E-state index is 0.0683. The number of hydrogen-bond donors (Lipinski definition) is 1. The molecular formula is C26H25FN7O3P. The maximum Gasteiger partial charge on any atom is 0.261 e. The van der Waals surface area contributed by atoms with Crippen molar-refractivity contribution >= 4 is 32.4 Å². The van der Waals surface area contributed by atoms with Gasteiger partial charge in [-0.2, -0.15) is 14.6 Å². The van der Waals surface area contributed by atoms with Gasteiger partial charge in [0.1, 0.15) is 23.6 Å². The summed E-state index contributed by atoms with van der Waals surface area (Å²) in [4.78, 5) is 31.4. The molecular weight excluding hydrogens is 508 g/mol. The van der Waals surface area contributed by atoms with Crippen LogP contribution in [0.1, 0.15) is 28.3 Å². The lowest BCUT2D eigenvalue weighted by molar-refractivity contribution is -0.129. The molecule has 3 heterocycles. The summed E-state index contributed by atoms with van der Waals surface area (Å²) in [6.45, 7) is -0.0683. The highest BCUT2D eigenvalue weighted by Crippen LogP contribution is 2.49. The van der Waals surface area contributed by atoms with Crippen molar-refractivity contribution < 1.29 is 18.7 Å². The Labute approximate surface area is 220 Å². The van der Waals surface area contributed by atoms with Gasteiger partial charge in [0.25, 0.3) is 5.91 Å². The van der Waals surface area contributed by atoms with E-state index in [1.807, 2.05) is 21.4 Å². The molecule has 5 rings (SSSR count). The second kappa shape index (κ2) is 10.2. The van der Waals surface area contributed by atoms with Gasteiger partial charge in [-0.3, -0.25) is 14.3 Å². The highest BCUT2D eigenvalue weighted by Gasteiger charge is 2.37. The monoisotopic (exact) mass is 533 g/mol. The molecule has 0 bridgehead atoms. The summed E-state index contributed by atoms with van der Waals surface area (Å²) < 4.78 is 22.3. The van der Waals surface area contributed by atoms with Crippen LogP contribution in [-0.2, 0) is 11.3 Å². The maximum atomic E-state index is 13.9. The number of aromatic nitrogens is 5. The Hall–Kier alpha value is -4.29. The van der Waals surface area contributed by atoms with E-state index in [-0.39, 0.29) is 35.6 Å². The van der Waals surface area contributed by atoms with Gasteiger partial charge in [-0.05, 0) is 36.1 Å². The Morgan fingerprint density at radius 3 is 2.92 bits per heavy atom. The predicted molar refractivity (Wildman–Crippen MR) is 142 cm³/mol. The zero-order chi connectivity index (χ0) is 27.0. The third-order valence-corrected chi connectivity index (χ3v) is 6.40. The Balaban J connectivity index is 1.58. The van der Waals surface area contributed by atoms with Gasteiger partial charge in [-0.15, -0.1) is 12.3 Å². The van der Waals surface area contributed by atoms with E-state index in [2.05, 4.69) is 26.4 Å². The van der Waals surface area contributed by atoms with E-state index in [4.69, 9.17) is 11.2 Å². The molecule has 0 radical (unpaired) electrons. The zero-order valence-corrected chi connectivity index (χ0v) is 21.9. The molecule has 3 unspecified atom stereocenters. The van der Waals surface area contributed by atoms with Crippen molar-refractivity contribution in [3.8, 4) is 29.4 Å². The number of likely N-dealkylation sites (N-methyl/N-ethyl adjacent to an activating group) is 1. The fourth-order valence-corrected chi connectivity index (χ4v) is 4.33.